The van der Waals surface area contributed by atoms with E-state index in [1.807, 2.05) is 20.8 Å². The van der Waals surface area contributed by atoms with Gasteiger partial charge in [0.2, 0.25) is 0 Å². The first-order valence-electron chi connectivity index (χ1n) is 6.71. The summed E-state index contributed by atoms with van der Waals surface area (Å²) in [5.41, 5.74) is -0.328. The fourth-order valence-corrected chi connectivity index (χ4v) is 2.82. The van der Waals surface area contributed by atoms with Crippen molar-refractivity contribution in [2.24, 2.45) is 11.8 Å². The second-order valence-corrected chi connectivity index (χ2v) is 6.14. The average Bonchev–Trinajstić information content (AvgIpc) is 2.69. The number of amides is 2. The van der Waals surface area contributed by atoms with Crippen molar-refractivity contribution in [3.63, 3.8) is 0 Å². The topological polar surface area (TPSA) is 70.1 Å². The molecule has 0 aliphatic carbocycles. The van der Waals surface area contributed by atoms with Gasteiger partial charge < -0.3 is 19.6 Å². The first-order chi connectivity index (χ1) is 8.80. The molecule has 0 aromatic carbocycles. The summed E-state index contributed by atoms with van der Waals surface area (Å²) < 4.78 is 5.58. The number of urea groups is 1. The molecular formula is C13H22N2O4. The Morgan fingerprint density at radius 1 is 1.26 bits per heavy atom. The summed E-state index contributed by atoms with van der Waals surface area (Å²) in [6, 6.07) is -0.0630. The summed E-state index contributed by atoms with van der Waals surface area (Å²) in [6.07, 6.45) is 0. The normalized spacial score (nSPS) is 30.5. The van der Waals surface area contributed by atoms with Gasteiger partial charge in [-0.25, -0.2) is 4.79 Å². The van der Waals surface area contributed by atoms with Crippen molar-refractivity contribution in [1.29, 1.82) is 0 Å². The molecule has 2 saturated heterocycles. The summed E-state index contributed by atoms with van der Waals surface area (Å²) in [6.45, 7) is 8.29. The Kier molecular flexibility index (Phi) is 3.71. The zero-order valence-electron chi connectivity index (χ0n) is 11.8. The molecule has 0 aromatic heterocycles. The molecule has 2 aliphatic heterocycles. The van der Waals surface area contributed by atoms with E-state index in [0.717, 1.165) is 0 Å². The third kappa shape index (κ3) is 3.00. The van der Waals surface area contributed by atoms with Crippen LogP contribution in [0.4, 0.5) is 4.79 Å². The van der Waals surface area contributed by atoms with Crippen molar-refractivity contribution in [1.82, 2.24) is 9.80 Å². The fourth-order valence-electron chi connectivity index (χ4n) is 2.82. The molecule has 0 saturated carbocycles. The highest BCUT2D eigenvalue weighted by atomic mass is 16.5. The van der Waals surface area contributed by atoms with Crippen molar-refractivity contribution >= 4 is 12.0 Å². The van der Waals surface area contributed by atoms with Crippen LogP contribution < -0.4 is 0 Å². The number of morpholine rings is 1. The second kappa shape index (κ2) is 5.00. The minimum Gasteiger partial charge on any atom is -0.481 e. The van der Waals surface area contributed by atoms with Gasteiger partial charge in [-0.2, -0.15) is 0 Å². The van der Waals surface area contributed by atoms with Gasteiger partial charge in [0.1, 0.15) is 0 Å². The standard InChI is InChI=1S/C13H22N2O4/c1-9-6-15(7-10(9)11(16)17)12(18)14-4-5-19-13(2,3)8-14/h9-10H,4-8H2,1-3H3,(H,16,17)/t9-,10-/m1/s1. The number of carboxylic acids is 1. The van der Waals surface area contributed by atoms with Crippen LogP contribution in [0.15, 0.2) is 0 Å². The molecule has 0 unspecified atom stereocenters. The smallest absolute Gasteiger partial charge is 0.320 e. The fraction of sp³-hybridized carbons (Fsp3) is 0.846. The molecule has 1 N–H and O–H groups in total. The maximum absolute atomic E-state index is 12.4. The quantitative estimate of drug-likeness (QED) is 0.767. The first-order valence-corrected chi connectivity index (χ1v) is 6.71. The zero-order chi connectivity index (χ0) is 14.2. The van der Waals surface area contributed by atoms with Gasteiger partial charge in [0, 0.05) is 19.6 Å². The van der Waals surface area contributed by atoms with Crippen LogP contribution in [0, 0.1) is 11.8 Å². The summed E-state index contributed by atoms with van der Waals surface area (Å²) in [5, 5.41) is 9.11. The first kappa shape index (κ1) is 14.1. The molecule has 6 heteroatoms. The number of ether oxygens (including phenoxy) is 1. The van der Waals surface area contributed by atoms with E-state index in [1.54, 1.807) is 9.80 Å². The Morgan fingerprint density at radius 2 is 1.95 bits per heavy atom. The van der Waals surface area contributed by atoms with Crippen molar-refractivity contribution in [2.75, 3.05) is 32.8 Å². The van der Waals surface area contributed by atoms with E-state index in [1.165, 1.54) is 0 Å². The maximum atomic E-state index is 12.4. The van der Waals surface area contributed by atoms with Gasteiger partial charge in [-0.1, -0.05) is 6.92 Å². The van der Waals surface area contributed by atoms with Crippen LogP contribution in [0.1, 0.15) is 20.8 Å². The molecule has 0 spiro atoms. The van der Waals surface area contributed by atoms with E-state index in [9.17, 15) is 9.59 Å². The van der Waals surface area contributed by atoms with Crippen LogP contribution in [0.25, 0.3) is 0 Å². The van der Waals surface area contributed by atoms with E-state index in [2.05, 4.69) is 0 Å². The summed E-state index contributed by atoms with van der Waals surface area (Å²) in [4.78, 5) is 26.9. The molecule has 6 nitrogen and oxygen atoms in total. The van der Waals surface area contributed by atoms with Crippen molar-refractivity contribution < 1.29 is 19.4 Å². The number of carboxylic acid groups (broad SMARTS) is 1. The highest BCUT2D eigenvalue weighted by molar-refractivity contribution is 5.78. The van der Waals surface area contributed by atoms with Crippen LogP contribution in [0.3, 0.4) is 0 Å². The van der Waals surface area contributed by atoms with Gasteiger partial charge in [0.25, 0.3) is 0 Å². The minimum atomic E-state index is -0.815. The number of aliphatic carboxylic acids is 1. The molecule has 0 bridgehead atoms. The van der Waals surface area contributed by atoms with Crippen LogP contribution in [0.2, 0.25) is 0 Å². The number of likely N-dealkylation sites (tertiary alicyclic amines) is 1. The molecule has 2 atom stereocenters. The predicted molar refractivity (Wildman–Crippen MR) is 68.9 cm³/mol. The number of rotatable bonds is 1. The third-order valence-corrected chi connectivity index (χ3v) is 3.90. The molecule has 0 radical (unpaired) electrons. The summed E-state index contributed by atoms with van der Waals surface area (Å²) in [5.74, 6) is -1.25. The Balaban J connectivity index is 1.99. The minimum absolute atomic E-state index is 0.00972. The molecule has 108 valence electrons. The van der Waals surface area contributed by atoms with Crippen molar-refractivity contribution in [2.45, 2.75) is 26.4 Å². The number of hydrogen-bond acceptors (Lipinski definition) is 3. The largest absolute Gasteiger partial charge is 0.481 e. The lowest BCUT2D eigenvalue weighted by Crippen LogP contribution is -2.54. The van der Waals surface area contributed by atoms with Crippen LogP contribution >= 0.6 is 0 Å². The number of carbonyl (C=O) groups excluding carboxylic acids is 1. The van der Waals surface area contributed by atoms with Crippen LogP contribution in [-0.4, -0.2) is 65.3 Å². The van der Waals surface area contributed by atoms with Gasteiger partial charge in [-0.15, -0.1) is 0 Å². The molecule has 2 amide bonds. The van der Waals surface area contributed by atoms with Gasteiger partial charge in [0.05, 0.1) is 24.7 Å². The zero-order valence-corrected chi connectivity index (χ0v) is 11.8. The van der Waals surface area contributed by atoms with E-state index >= 15 is 0 Å². The summed E-state index contributed by atoms with van der Waals surface area (Å²) >= 11 is 0. The Bertz CT molecular complexity index is 383. The SMILES string of the molecule is C[C@@H]1CN(C(=O)N2CCOC(C)(C)C2)C[C@H]1C(=O)O. The highest BCUT2D eigenvalue weighted by Gasteiger charge is 2.40. The predicted octanol–water partition coefficient (Wildman–Crippen LogP) is 0.870. The molecule has 2 aliphatic rings. The van der Waals surface area contributed by atoms with E-state index in [4.69, 9.17) is 9.84 Å². The Morgan fingerprint density at radius 3 is 2.47 bits per heavy atom. The van der Waals surface area contributed by atoms with E-state index in [0.29, 0.717) is 32.8 Å². The van der Waals surface area contributed by atoms with Crippen LogP contribution in [0.5, 0.6) is 0 Å². The summed E-state index contributed by atoms with van der Waals surface area (Å²) in [7, 11) is 0. The molecule has 0 aromatic rings. The van der Waals surface area contributed by atoms with Gasteiger partial charge >= 0.3 is 12.0 Å². The van der Waals surface area contributed by atoms with Crippen molar-refractivity contribution in [3.05, 3.63) is 0 Å². The molecule has 2 rings (SSSR count). The van der Waals surface area contributed by atoms with E-state index in [-0.39, 0.29) is 17.6 Å². The molecule has 2 heterocycles. The monoisotopic (exact) mass is 270 g/mol. The van der Waals surface area contributed by atoms with E-state index < -0.39 is 11.9 Å². The maximum Gasteiger partial charge on any atom is 0.320 e. The Hall–Kier alpha value is -1.30. The average molecular weight is 270 g/mol. The lowest BCUT2D eigenvalue weighted by molar-refractivity contribution is -0.142. The lowest BCUT2D eigenvalue weighted by Gasteiger charge is -2.39. The van der Waals surface area contributed by atoms with Gasteiger partial charge in [-0.3, -0.25) is 4.79 Å². The lowest BCUT2D eigenvalue weighted by atomic mass is 9.99. The molecule has 2 fully saturated rings. The third-order valence-electron chi connectivity index (χ3n) is 3.90. The molecular weight excluding hydrogens is 248 g/mol. The highest BCUT2D eigenvalue weighted by Crippen LogP contribution is 2.25. The number of carbonyl (C=O) groups is 2. The van der Waals surface area contributed by atoms with Gasteiger partial charge in [-0.05, 0) is 19.8 Å². The second-order valence-electron chi connectivity index (χ2n) is 6.14. The van der Waals surface area contributed by atoms with Crippen LogP contribution in [-0.2, 0) is 9.53 Å². The number of nitrogens with zero attached hydrogens (tertiary/aromatic N) is 2. The number of hydrogen-bond donors (Lipinski definition) is 1. The molecule has 19 heavy (non-hydrogen) atoms. The van der Waals surface area contributed by atoms with Crippen molar-refractivity contribution in [3.8, 4) is 0 Å². The van der Waals surface area contributed by atoms with Gasteiger partial charge in [0.15, 0.2) is 0 Å². The Labute approximate surface area is 113 Å².